The Kier molecular flexibility index (Phi) is 4.05. The van der Waals surface area contributed by atoms with Crippen molar-refractivity contribution in [3.63, 3.8) is 0 Å². The van der Waals surface area contributed by atoms with Crippen LogP contribution in [0, 0.1) is 5.82 Å². The fraction of sp³-hybridized carbons (Fsp3) is 0.556. The topological polar surface area (TPSA) is 84.3 Å². The van der Waals surface area contributed by atoms with Gasteiger partial charge in [0.1, 0.15) is 0 Å². The monoisotopic (exact) mass is 386 g/mol. The molecule has 18 heavy (non-hydrogen) atoms. The predicted octanol–water partition coefficient (Wildman–Crippen LogP) is 0.0924. The number of hydrogen-bond acceptors (Lipinski definition) is 4. The quantitative estimate of drug-likeness (QED) is 0.704. The van der Waals surface area contributed by atoms with Crippen LogP contribution >= 0.6 is 31.9 Å². The van der Waals surface area contributed by atoms with Crippen LogP contribution in [0.15, 0.2) is 15.8 Å². The van der Waals surface area contributed by atoms with E-state index in [1.807, 2.05) is 4.98 Å². The Morgan fingerprint density at radius 3 is 2.78 bits per heavy atom. The van der Waals surface area contributed by atoms with E-state index in [0.29, 0.717) is 5.33 Å². The molecule has 2 N–H and O–H groups in total. The van der Waals surface area contributed by atoms with Crippen LogP contribution in [0.2, 0.25) is 0 Å². The van der Waals surface area contributed by atoms with Crippen molar-refractivity contribution in [1.29, 1.82) is 0 Å². The Bertz CT molecular complexity index is 560. The summed E-state index contributed by atoms with van der Waals surface area (Å²) >= 11 is 6.36. The number of aliphatic hydroxyl groups is 1. The fourth-order valence-corrected chi connectivity index (χ4v) is 2.96. The van der Waals surface area contributed by atoms with Gasteiger partial charge in [-0.2, -0.15) is 4.39 Å². The number of aromatic nitrogens is 2. The van der Waals surface area contributed by atoms with Gasteiger partial charge in [0.15, 0.2) is 6.23 Å². The number of H-pyrrole nitrogens is 1. The van der Waals surface area contributed by atoms with Crippen LogP contribution in [0.25, 0.3) is 0 Å². The van der Waals surface area contributed by atoms with E-state index in [0.717, 1.165) is 10.8 Å². The number of aliphatic hydroxyl groups excluding tert-OH is 1. The van der Waals surface area contributed by atoms with Gasteiger partial charge in [-0.15, -0.1) is 0 Å². The summed E-state index contributed by atoms with van der Waals surface area (Å²) in [7, 11) is 0. The maximum absolute atomic E-state index is 13.2. The van der Waals surface area contributed by atoms with E-state index in [1.54, 1.807) is 0 Å². The van der Waals surface area contributed by atoms with Crippen LogP contribution in [-0.2, 0) is 4.74 Å². The Morgan fingerprint density at radius 1 is 1.56 bits per heavy atom. The molecule has 4 atom stereocenters. The molecule has 1 aliphatic heterocycles. The van der Waals surface area contributed by atoms with Gasteiger partial charge >= 0.3 is 5.69 Å². The average Bonchev–Trinajstić information content (AvgIpc) is 2.61. The van der Waals surface area contributed by atoms with Gasteiger partial charge in [0.05, 0.1) is 23.2 Å². The number of hydrogen-bond donors (Lipinski definition) is 2. The van der Waals surface area contributed by atoms with Gasteiger partial charge in [-0.05, 0) is 0 Å². The molecule has 1 aromatic rings. The van der Waals surface area contributed by atoms with Crippen molar-refractivity contribution >= 4 is 31.9 Å². The molecule has 2 rings (SSSR count). The number of aromatic amines is 1. The molecule has 0 aromatic carbocycles. The minimum atomic E-state index is -1.09. The first-order valence-corrected chi connectivity index (χ1v) is 7.04. The van der Waals surface area contributed by atoms with Gasteiger partial charge in [0.25, 0.3) is 5.56 Å². The molecule has 100 valence electrons. The first-order valence-electron chi connectivity index (χ1n) is 5.00. The average molecular weight is 388 g/mol. The summed E-state index contributed by atoms with van der Waals surface area (Å²) in [6.45, 7) is 0. The molecule has 9 heteroatoms. The molecule has 1 aliphatic rings. The number of ether oxygens (including phenoxy) is 1. The Hall–Kier alpha value is -0.510. The second-order valence-electron chi connectivity index (χ2n) is 3.80. The van der Waals surface area contributed by atoms with E-state index in [9.17, 15) is 19.1 Å². The van der Waals surface area contributed by atoms with Crippen LogP contribution < -0.4 is 11.2 Å². The molecular formula is C9H9Br2FN2O4. The summed E-state index contributed by atoms with van der Waals surface area (Å²) < 4.78 is 19.5. The van der Waals surface area contributed by atoms with Crippen molar-refractivity contribution in [2.75, 3.05) is 5.33 Å². The molecule has 2 heterocycles. The molecular weight excluding hydrogens is 379 g/mol. The van der Waals surface area contributed by atoms with Crippen molar-refractivity contribution in [3.05, 3.63) is 32.9 Å². The zero-order chi connectivity index (χ0) is 13.4. The van der Waals surface area contributed by atoms with E-state index in [2.05, 4.69) is 31.9 Å². The third kappa shape index (κ3) is 2.31. The van der Waals surface area contributed by atoms with E-state index in [4.69, 9.17) is 4.74 Å². The highest BCUT2D eigenvalue weighted by molar-refractivity contribution is 9.09. The summed E-state index contributed by atoms with van der Waals surface area (Å²) in [5, 5.41) is 10.2. The SMILES string of the molecule is O=c1[nH]c(=O)n([C@@H]2O[C@H](CBr)[C@@H](O)[C@H]2Br)cc1F. The van der Waals surface area contributed by atoms with Gasteiger partial charge in [-0.1, -0.05) is 31.9 Å². The molecule has 0 radical (unpaired) electrons. The predicted molar refractivity (Wildman–Crippen MR) is 67.7 cm³/mol. The van der Waals surface area contributed by atoms with Gasteiger partial charge in [0.2, 0.25) is 5.82 Å². The normalized spacial score (nSPS) is 31.8. The van der Waals surface area contributed by atoms with E-state index >= 15 is 0 Å². The first-order chi connectivity index (χ1) is 8.45. The van der Waals surface area contributed by atoms with Crippen molar-refractivity contribution in [1.82, 2.24) is 9.55 Å². The molecule has 1 aromatic heterocycles. The molecule has 0 spiro atoms. The van der Waals surface area contributed by atoms with Gasteiger partial charge in [-0.25, -0.2) is 4.79 Å². The van der Waals surface area contributed by atoms with E-state index in [-0.39, 0.29) is 0 Å². The van der Waals surface area contributed by atoms with Gasteiger partial charge in [0, 0.05) is 5.33 Å². The summed E-state index contributed by atoms with van der Waals surface area (Å²) in [5.41, 5.74) is -1.88. The standard InChI is InChI=1S/C9H9Br2FN2O4/c10-1-4-6(15)5(11)8(18-4)14-2-3(12)7(16)13-9(14)17/h2,4-6,8,15H,1H2,(H,13,16,17)/t4-,5-,6-,8-/m1/s1. The molecule has 1 fully saturated rings. The van der Waals surface area contributed by atoms with Crippen LogP contribution in [-0.4, -0.2) is 37.0 Å². The van der Waals surface area contributed by atoms with E-state index in [1.165, 1.54) is 0 Å². The van der Waals surface area contributed by atoms with Crippen LogP contribution in [0.4, 0.5) is 4.39 Å². The third-order valence-corrected chi connectivity index (χ3v) is 4.28. The largest absolute Gasteiger partial charge is 0.389 e. The second kappa shape index (κ2) is 5.24. The van der Waals surface area contributed by atoms with E-state index < -0.39 is 40.3 Å². The number of nitrogens with zero attached hydrogens (tertiary/aromatic N) is 1. The zero-order valence-electron chi connectivity index (χ0n) is 8.85. The molecule has 0 bridgehead atoms. The van der Waals surface area contributed by atoms with Crippen molar-refractivity contribution < 1.29 is 14.2 Å². The maximum Gasteiger partial charge on any atom is 0.330 e. The third-order valence-electron chi connectivity index (χ3n) is 2.64. The van der Waals surface area contributed by atoms with Crippen LogP contribution in [0.5, 0.6) is 0 Å². The van der Waals surface area contributed by atoms with Crippen molar-refractivity contribution in [2.45, 2.75) is 23.3 Å². The van der Waals surface area contributed by atoms with Crippen molar-refractivity contribution in [2.24, 2.45) is 0 Å². The molecule has 0 saturated carbocycles. The number of nitrogens with one attached hydrogen (secondary N) is 1. The highest BCUT2D eigenvalue weighted by Crippen LogP contribution is 2.34. The second-order valence-corrected chi connectivity index (χ2v) is 5.50. The molecule has 0 unspecified atom stereocenters. The Balaban J connectivity index is 2.42. The lowest BCUT2D eigenvalue weighted by molar-refractivity contribution is -0.00685. The maximum atomic E-state index is 13.2. The highest BCUT2D eigenvalue weighted by Gasteiger charge is 2.43. The Morgan fingerprint density at radius 2 is 2.22 bits per heavy atom. The highest BCUT2D eigenvalue weighted by atomic mass is 79.9. The minimum absolute atomic E-state index is 0.368. The minimum Gasteiger partial charge on any atom is -0.389 e. The van der Waals surface area contributed by atoms with Crippen LogP contribution in [0.3, 0.4) is 0 Å². The lowest BCUT2D eigenvalue weighted by Crippen LogP contribution is -2.36. The number of halogens is 3. The summed E-state index contributed by atoms with van der Waals surface area (Å²) in [4.78, 5) is 23.7. The molecule has 6 nitrogen and oxygen atoms in total. The first kappa shape index (κ1) is 13.9. The van der Waals surface area contributed by atoms with Crippen LogP contribution in [0.1, 0.15) is 6.23 Å². The smallest absolute Gasteiger partial charge is 0.330 e. The van der Waals surface area contributed by atoms with Gasteiger partial charge < -0.3 is 9.84 Å². The fourth-order valence-electron chi connectivity index (χ4n) is 1.70. The summed E-state index contributed by atoms with van der Waals surface area (Å²) in [6.07, 6.45) is -1.50. The molecule has 1 saturated heterocycles. The molecule has 0 aliphatic carbocycles. The zero-order valence-corrected chi connectivity index (χ0v) is 12.0. The molecule has 0 amide bonds. The Labute approximate surface area is 117 Å². The summed E-state index contributed by atoms with van der Waals surface area (Å²) in [5.74, 6) is -1.09. The number of rotatable bonds is 2. The lowest BCUT2D eigenvalue weighted by atomic mass is 10.2. The lowest BCUT2D eigenvalue weighted by Gasteiger charge is -2.16. The van der Waals surface area contributed by atoms with Gasteiger partial charge in [-0.3, -0.25) is 14.3 Å². The van der Waals surface area contributed by atoms with Crippen molar-refractivity contribution in [3.8, 4) is 0 Å². The summed E-state index contributed by atoms with van der Waals surface area (Å²) in [6, 6.07) is 0. The number of alkyl halides is 2.